The van der Waals surface area contributed by atoms with Crippen molar-refractivity contribution < 1.29 is 63.4 Å². The topological polar surface area (TPSA) is 72.0 Å². The van der Waals surface area contributed by atoms with Crippen LogP contribution >= 0.6 is 0 Å². The molecule has 0 saturated carbocycles. The van der Waals surface area contributed by atoms with Crippen LogP contribution in [0.25, 0.3) is 0 Å². The van der Waals surface area contributed by atoms with E-state index in [4.69, 9.17) is 4.79 Å². The molecule has 0 fully saturated rings. The average molecular weight is 480 g/mol. The van der Waals surface area contributed by atoms with Gasteiger partial charge in [0.25, 0.3) is 0 Å². The van der Waals surface area contributed by atoms with Crippen LogP contribution in [0, 0.1) is 20.0 Å². The molecule has 7 heteroatoms. The molecule has 0 aromatic carbocycles. The molecule has 1 amide bonds. The molecule has 0 atom stereocenters. The Kier molecular flexibility index (Phi) is 32.0. The van der Waals surface area contributed by atoms with Crippen LogP contribution < -0.4 is 5.32 Å². The molecule has 93 valence electrons. The van der Waals surface area contributed by atoms with E-state index in [-0.39, 0.29) is 59.7 Å². The Bertz CT molecular complexity index is 257. The molecule has 17 heavy (non-hydrogen) atoms. The van der Waals surface area contributed by atoms with E-state index < -0.39 is 0 Å². The Hall–Kier alpha value is -0.118. The minimum atomic E-state index is -0.0185. The number of aromatic nitrogens is 2. The molecule has 0 saturated heterocycles. The second kappa shape index (κ2) is 21.2. The first-order valence-electron chi connectivity index (χ1n) is 3.93. The van der Waals surface area contributed by atoms with Crippen LogP contribution in [0.4, 0.5) is 0 Å². The summed E-state index contributed by atoms with van der Waals surface area (Å²) in [6, 6.07) is 0. The van der Waals surface area contributed by atoms with Gasteiger partial charge in [-0.3, -0.25) is 11.6 Å². The minimum Gasteiger partial charge on any atom is -0.545 e. The van der Waals surface area contributed by atoms with E-state index in [2.05, 4.69) is 42.1 Å². The number of amides is 1. The van der Waals surface area contributed by atoms with Crippen molar-refractivity contribution in [3.8, 4) is 0 Å². The monoisotopic (exact) mass is 480 g/mol. The fourth-order valence-electron chi connectivity index (χ4n) is 0.422. The zero-order valence-corrected chi connectivity index (χ0v) is 15.3. The molecule has 0 aliphatic heterocycles. The second-order valence-corrected chi connectivity index (χ2v) is 2.08. The van der Waals surface area contributed by atoms with Gasteiger partial charge in [0.1, 0.15) is 0 Å². The van der Waals surface area contributed by atoms with E-state index in [9.17, 15) is 4.79 Å². The first-order chi connectivity index (χ1) is 7.20. The molecule has 1 aromatic rings. The number of nitrogens with zero attached hydrogens (tertiary/aromatic N) is 2. The van der Waals surface area contributed by atoms with Crippen molar-refractivity contribution >= 4 is 12.7 Å². The van der Waals surface area contributed by atoms with Gasteiger partial charge >= 0.3 is 0 Å². The summed E-state index contributed by atoms with van der Waals surface area (Å²) >= 11 is 0. The van der Waals surface area contributed by atoms with Crippen LogP contribution in [0.1, 0.15) is 12.0 Å². The number of hydrogen-bond acceptors (Lipinski definition) is 4. The number of carbonyl (C=O) groups excluding carboxylic acids is 2. The van der Waals surface area contributed by atoms with Crippen molar-refractivity contribution in [2.45, 2.75) is 6.42 Å². The standard InChI is InChI=1S/C5H4N2.C4H8NO.CHO.W.Y/c1-5-2-6-4-7-3-5;1-3-4(6)5-2;1-2;;/h2,4H,1H2;1,3H2,2H3,(H,5,6);1H;;/q-2;2*-1;;. The van der Waals surface area contributed by atoms with Gasteiger partial charge in [-0.2, -0.15) is 6.20 Å². The van der Waals surface area contributed by atoms with Crippen LogP contribution in [0.15, 0.2) is 12.5 Å². The number of carbonyl (C=O) groups is 1. The number of hydrogen-bond donors (Lipinski definition) is 1. The zero-order chi connectivity index (χ0) is 12.1. The van der Waals surface area contributed by atoms with Crippen LogP contribution in [-0.2, 0) is 63.4 Å². The summed E-state index contributed by atoms with van der Waals surface area (Å²) in [7, 11) is 1.59. The van der Waals surface area contributed by atoms with Crippen LogP contribution in [0.5, 0.6) is 0 Å². The predicted octanol–water partition coefficient (Wildman–Crippen LogP) is 0.136. The number of nitrogens with one attached hydrogen (secondary N) is 1. The van der Waals surface area contributed by atoms with E-state index in [0.29, 0.717) is 6.42 Å². The molecule has 1 aromatic heterocycles. The Morgan fingerprint density at radius 1 is 1.59 bits per heavy atom. The molecule has 1 N–H and O–H groups in total. The van der Waals surface area contributed by atoms with Crippen LogP contribution in [0.3, 0.4) is 0 Å². The average Bonchev–Trinajstić information content (AvgIpc) is 2.32. The summed E-state index contributed by atoms with van der Waals surface area (Å²) < 4.78 is 0. The third-order valence-corrected chi connectivity index (χ3v) is 1.07. The van der Waals surface area contributed by atoms with Gasteiger partial charge in [0.15, 0.2) is 5.91 Å². The van der Waals surface area contributed by atoms with Gasteiger partial charge < -0.3 is 39.5 Å². The van der Waals surface area contributed by atoms with Crippen molar-refractivity contribution in [2.75, 3.05) is 7.05 Å². The molecule has 5 nitrogen and oxygen atoms in total. The van der Waals surface area contributed by atoms with Gasteiger partial charge in [0.05, 0.1) is 6.33 Å². The maximum absolute atomic E-state index is 10.0. The molecule has 1 heterocycles. The summed E-state index contributed by atoms with van der Waals surface area (Å²) in [5, 5.41) is 2.41. The van der Waals surface area contributed by atoms with Gasteiger partial charge in [0, 0.05) is 60.8 Å². The fraction of sp³-hybridized carbons (Fsp3) is 0.200. The van der Waals surface area contributed by atoms with Crippen LogP contribution in [0.2, 0.25) is 0 Å². The first-order valence-corrected chi connectivity index (χ1v) is 3.93. The van der Waals surface area contributed by atoms with Crippen molar-refractivity contribution in [1.82, 2.24) is 15.3 Å². The molecule has 0 aliphatic rings. The van der Waals surface area contributed by atoms with Gasteiger partial charge in [-0.25, -0.2) is 6.20 Å². The molecule has 0 aliphatic carbocycles. The number of rotatable bonds is 1. The van der Waals surface area contributed by atoms with Gasteiger partial charge in [-0.05, 0) is 0 Å². The zero-order valence-electron chi connectivity index (χ0n) is 9.55. The molecule has 1 rings (SSSR count). The fourth-order valence-corrected chi connectivity index (χ4v) is 0.422. The van der Waals surface area contributed by atoms with Crippen LogP contribution in [-0.4, -0.2) is 29.7 Å². The van der Waals surface area contributed by atoms with Gasteiger partial charge in [-0.1, -0.05) is 0 Å². The summed E-state index contributed by atoms with van der Waals surface area (Å²) in [4.78, 5) is 25.0. The van der Waals surface area contributed by atoms with Crippen molar-refractivity contribution in [3.05, 3.63) is 38.1 Å². The molecule has 0 unspecified atom stereocenters. The normalized spacial score (nSPS) is 6.47. The Balaban J connectivity index is -0.0000000794. The van der Waals surface area contributed by atoms with E-state index in [1.807, 2.05) is 0 Å². The van der Waals surface area contributed by atoms with Crippen molar-refractivity contribution in [3.63, 3.8) is 0 Å². The SMILES string of the molecule is [CH-]=O.[CH2-]CC(=O)NC.[CH2-]c1[c-]ncnc1.[W].[Y]. The Morgan fingerprint density at radius 3 is 2.24 bits per heavy atom. The molecule has 0 bridgehead atoms. The van der Waals surface area contributed by atoms with Gasteiger partial charge in [0.2, 0.25) is 0 Å². The quantitative estimate of drug-likeness (QED) is 0.459. The minimum absolute atomic E-state index is 0. The molecule has 1 radical (unpaired) electrons. The first kappa shape index (κ1) is 25.7. The van der Waals surface area contributed by atoms with Gasteiger partial charge in [-0.15, -0.1) is 6.42 Å². The molecule has 0 spiro atoms. The second-order valence-electron chi connectivity index (χ2n) is 2.08. The third kappa shape index (κ3) is 21.7. The van der Waals surface area contributed by atoms with E-state index in [1.54, 1.807) is 13.2 Å². The Labute approximate surface area is 142 Å². The molecular formula is C10H13N3O2WY-4. The van der Waals surface area contributed by atoms with Crippen molar-refractivity contribution in [1.29, 1.82) is 0 Å². The van der Waals surface area contributed by atoms with E-state index in [1.165, 1.54) is 6.33 Å². The molecular weight excluding hydrogens is 467 g/mol. The predicted molar refractivity (Wildman–Crippen MR) is 56.1 cm³/mol. The summed E-state index contributed by atoms with van der Waals surface area (Å²) in [6.45, 7) is 10.1. The van der Waals surface area contributed by atoms with Crippen molar-refractivity contribution in [2.24, 2.45) is 0 Å². The summed E-state index contributed by atoms with van der Waals surface area (Å²) in [6.07, 6.45) is 5.97. The largest absolute Gasteiger partial charge is 0.545 e. The summed E-state index contributed by atoms with van der Waals surface area (Å²) in [5.41, 5.74) is 0.725. The maximum Gasteiger partial charge on any atom is 0.189 e. The Morgan fingerprint density at radius 2 is 2.12 bits per heavy atom. The van der Waals surface area contributed by atoms with E-state index >= 15 is 0 Å². The third-order valence-electron chi connectivity index (χ3n) is 1.07. The van der Waals surface area contributed by atoms with E-state index in [0.717, 1.165) is 5.56 Å². The summed E-state index contributed by atoms with van der Waals surface area (Å²) in [5.74, 6) is -0.0185. The smallest absolute Gasteiger partial charge is 0.189 e. The maximum atomic E-state index is 10.0.